The van der Waals surface area contributed by atoms with Crippen LogP contribution in [0.15, 0.2) is 12.1 Å². The molecule has 0 aromatic heterocycles. The molecule has 1 aliphatic heterocycles. The summed E-state index contributed by atoms with van der Waals surface area (Å²) in [7, 11) is 0. The Balaban J connectivity index is 1.77. The van der Waals surface area contributed by atoms with Gasteiger partial charge in [-0.25, -0.2) is 0 Å². The molecule has 0 spiro atoms. The van der Waals surface area contributed by atoms with Crippen LogP contribution in [0.4, 0.5) is 0 Å². The molecule has 2 rings (SSSR count). The van der Waals surface area contributed by atoms with E-state index in [-0.39, 0.29) is 24.5 Å². The number of nitrogens with zero attached hydrogens (tertiary/aromatic N) is 1. The Bertz CT molecular complexity index is 587. The van der Waals surface area contributed by atoms with Gasteiger partial charge >= 0.3 is 0 Å². The fraction of sp³-hybridized carbons (Fsp3) is 0.556. The lowest BCUT2D eigenvalue weighted by molar-refractivity contribution is -0.132. The second-order valence-electron chi connectivity index (χ2n) is 6.24. The number of hydrogen-bond acceptors (Lipinski definition) is 3. The van der Waals surface area contributed by atoms with Crippen molar-refractivity contribution in [2.45, 2.75) is 46.1 Å². The molecular weight excluding hydrogens is 328 g/mol. The smallest absolute Gasteiger partial charge is 0.258 e. The number of nitrogens with one attached hydrogen (secondary N) is 1. The van der Waals surface area contributed by atoms with Gasteiger partial charge in [-0.1, -0.05) is 18.5 Å². The highest BCUT2D eigenvalue weighted by atomic mass is 35.5. The van der Waals surface area contributed by atoms with Gasteiger partial charge in [-0.3, -0.25) is 9.59 Å². The molecule has 1 aliphatic rings. The molecule has 24 heavy (non-hydrogen) atoms. The van der Waals surface area contributed by atoms with Gasteiger partial charge in [0, 0.05) is 30.6 Å². The Morgan fingerprint density at radius 2 is 1.83 bits per heavy atom. The maximum Gasteiger partial charge on any atom is 0.258 e. The Labute approximate surface area is 148 Å². The minimum Gasteiger partial charge on any atom is -0.484 e. The molecule has 1 N–H and O–H groups in total. The predicted molar refractivity (Wildman–Crippen MR) is 94.5 cm³/mol. The minimum atomic E-state index is -0.138. The topological polar surface area (TPSA) is 58.6 Å². The quantitative estimate of drug-likeness (QED) is 0.886. The number of carbonyl (C=O) groups excluding carboxylic acids is 2. The van der Waals surface area contributed by atoms with E-state index in [2.05, 4.69) is 5.32 Å². The van der Waals surface area contributed by atoms with Crippen molar-refractivity contribution < 1.29 is 14.3 Å². The van der Waals surface area contributed by atoms with E-state index in [0.29, 0.717) is 25.3 Å². The molecule has 132 valence electrons. The molecule has 2 amide bonds. The van der Waals surface area contributed by atoms with Crippen molar-refractivity contribution in [3.05, 3.63) is 28.3 Å². The highest BCUT2D eigenvalue weighted by Gasteiger charge is 2.23. The lowest BCUT2D eigenvalue weighted by Gasteiger charge is -2.32. The molecule has 1 aromatic carbocycles. The summed E-state index contributed by atoms with van der Waals surface area (Å²) in [6.45, 7) is 7.08. The number of piperidine rings is 1. The van der Waals surface area contributed by atoms with Crippen LogP contribution in [0.2, 0.25) is 5.02 Å². The normalized spacial score (nSPS) is 15.2. The summed E-state index contributed by atoms with van der Waals surface area (Å²) < 4.78 is 5.57. The summed E-state index contributed by atoms with van der Waals surface area (Å²) in [5, 5.41) is 3.70. The summed E-state index contributed by atoms with van der Waals surface area (Å²) in [5.74, 6) is 0.685. The molecule has 1 saturated heterocycles. The molecule has 6 heteroatoms. The third kappa shape index (κ3) is 4.87. The Morgan fingerprint density at radius 1 is 1.25 bits per heavy atom. The highest BCUT2D eigenvalue weighted by molar-refractivity contribution is 6.32. The van der Waals surface area contributed by atoms with Crippen LogP contribution in [0.1, 0.15) is 37.3 Å². The van der Waals surface area contributed by atoms with Crippen molar-refractivity contribution in [3.63, 3.8) is 0 Å². The molecule has 0 saturated carbocycles. The summed E-state index contributed by atoms with van der Waals surface area (Å²) in [4.78, 5) is 25.6. The van der Waals surface area contributed by atoms with Gasteiger partial charge in [0.05, 0.1) is 0 Å². The molecule has 0 aliphatic carbocycles. The molecule has 1 aromatic rings. The van der Waals surface area contributed by atoms with Crippen molar-refractivity contribution >= 4 is 23.4 Å². The number of hydrogen-bond donors (Lipinski definition) is 1. The first-order chi connectivity index (χ1) is 11.4. The third-order valence-electron chi connectivity index (χ3n) is 4.30. The predicted octanol–water partition coefficient (Wildman–Crippen LogP) is 2.85. The highest BCUT2D eigenvalue weighted by Crippen LogP contribution is 2.25. The summed E-state index contributed by atoms with van der Waals surface area (Å²) >= 11 is 6.12. The van der Waals surface area contributed by atoms with Gasteiger partial charge in [0.1, 0.15) is 5.75 Å². The largest absolute Gasteiger partial charge is 0.484 e. The number of aryl methyl sites for hydroxylation is 2. The van der Waals surface area contributed by atoms with Gasteiger partial charge in [0.25, 0.3) is 5.91 Å². The first-order valence-corrected chi connectivity index (χ1v) is 8.75. The number of benzene rings is 1. The standard InChI is InChI=1S/C18H25ClN2O3/c1-4-17(23)21-7-5-14(6-8-21)20-16(22)11-24-15-9-12(2)18(19)13(3)10-15/h9-10,14H,4-8,11H2,1-3H3,(H,20,22). The fourth-order valence-electron chi connectivity index (χ4n) is 2.90. The van der Waals surface area contributed by atoms with Gasteiger partial charge in [-0.05, 0) is 49.9 Å². The zero-order valence-electron chi connectivity index (χ0n) is 14.5. The van der Waals surface area contributed by atoms with Crippen LogP contribution >= 0.6 is 11.6 Å². The first kappa shape index (κ1) is 18.6. The molecule has 0 radical (unpaired) electrons. The van der Waals surface area contributed by atoms with Crippen molar-refractivity contribution in [2.75, 3.05) is 19.7 Å². The average molecular weight is 353 g/mol. The van der Waals surface area contributed by atoms with Gasteiger partial charge in [0.2, 0.25) is 5.91 Å². The Morgan fingerprint density at radius 3 is 2.38 bits per heavy atom. The molecule has 1 heterocycles. The van der Waals surface area contributed by atoms with E-state index in [1.807, 2.05) is 37.8 Å². The van der Waals surface area contributed by atoms with E-state index in [1.54, 1.807) is 0 Å². The van der Waals surface area contributed by atoms with Crippen LogP contribution < -0.4 is 10.1 Å². The summed E-state index contributed by atoms with van der Waals surface area (Å²) in [6.07, 6.45) is 2.11. The third-order valence-corrected chi connectivity index (χ3v) is 4.89. The lowest BCUT2D eigenvalue weighted by atomic mass is 10.0. The molecule has 0 unspecified atom stereocenters. The monoisotopic (exact) mass is 352 g/mol. The van der Waals surface area contributed by atoms with Crippen molar-refractivity contribution in [1.29, 1.82) is 0 Å². The SMILES string of the molecule is CCC(=O)N1CCC(NC(=O)COc2cc(C)c(Cl)c(C)c2)CC1. The van der Waals surface area contributed by atoms with E-state index >= 15 is 0 Å². The van der Waals surface area contributed by atoms with Crippen LogP contribution in [0.25, 0.3) is 0 Å². The number of carbonyl (C=O) groups is 2. The van der Waals surface area contributed by atoms with E-state index in [1.165, 1.54) is 0 Å². The van der Waals surface area contributed by atoms with E-state index in [9.17, 15) is 9.59 Å². The second kappa shape index (κ2) is 8.38. The van der Waals surface area contributed by atoms with Crippen LogP contribution in [-0.4, -0.2) is 42.5 Å². The van der Waals surface area contributed by atoms with Gasteiger partial charge < -0.3 is 15.0 Å². The second-order valence-corrected chi connectivity index (χ2v) is 6.61. The first-order valence-electron chi connectivity index (χ1n) is 8.37. The number of ether oxygens (including phenoxy) is 1. The molecular formula is C18H25ClN2O3. The van der Waals surface area contributed by atoms with Crippen LogP contribution in [0.3, 0.4) is 0 Å². The van der Waals surface area contributed by atoms with Crippen LogP contribution in [0, 0.1) is 13.8 Å². The van der Waals surface area contributed by atoms with Gasteiger partial charge in [-0.2, -0.15) is 0 Å². The molecule has 0 bridgehead atoms. The summed E-state index contributed by atoms with van der Waals surface area (Å²) in [5.41, 5.74) is 1.86. The maximum atomic E-state index is 12.1. The average Bonchev–Trinajstić information content (AvgIpc) is 2.57. The Hall–Kier alpha value is -1.75. The number of likely N-dealkylation sites (tertiary alicyclic amines) is 1. The number of halogens is 1. The van der Waals surface area contributed by atoms with E-state index < -0.39 is 0 Å². The lowest BCUT2D eigenvalue weighted by Crippen LogP contribution is -2.47. The maximum absolute atomic E-state index is 12.1. The zero-order valence-corrected chi connectivity index (χ0v) is 15.3. The number of rotatable bonds is 5. The minimum absolute atomic E-state index is 0.0192. The van der Waals surface area contributed by atoms with Crippen molar-refractivity contribution in [1.82, 2.24) is 10.2 Å². The van der Waals surface area contributed by atoms with Gasteiger partial charge in [0.15, 0.2) is 6.61 Å². The number of amides is 2. The van der Waals surface area contributed by atoms with Crippen LogP contribution in [-0.2, 0) is 9.59 Å². The van der Waals surface area contributed by atoms with Crippen molar-refractivity contribution in [3.8, 4) is 5.75 Å². The van der Waals surface area contributed by atoms with Crippen molar-refractivity contribution in [2.24, 2.45) is 0 Å². The fourth-order valence-corrected chi connectivity index (χ4v) is 3.01. The van der Waals surface area contributed by atoms with Gasteiger partial charge in [-0.15, -0.1) is 0 Å². The molecule has 1 fully saturated rings. The molecule has 0 atom stereocenters. The van der Waals surface area contributed by atoms with E-state index in [0.717, 1.165) is 29.0 Å². The Kier molecular flexibility index (Phi) is 6.49. The summed E-state index contributed by atoms with van der Waals surface area (Å²) in [6, 6.07) is 3.77. The zero-order chi connectivity index (χ0) is 17.7. The molecule has 5 nitrogen and oxygen atoms in total. The van der Waals surface area contributed by atoms with Crippen LogP contribution in [0.5, 0.6) is 5.75 Å². The van der Waals surface area contributed by atoms with E-state index in [4.69, 9.17) is 16.3 Å².